The van der Waals surface area contributed by atoms with Gasteiger partial charge in [-0.25, -0.2) is 12.8 Å². The van der Waals surface area contributed by atoms with Crippen molar-refractivity contribution in [1.82, 2.24) is 9.80 Å². The summed E-state index contributed by atoms with van der Waals surface area (Å²) < 4.78 is 46.2. The molecule has 0 radical (unpaired) electrons. The van der Waals surface area contributed by atoms with Gasteiger partial charge in [0.2, 0.25) is 0 Å². The average Bonchev–Trinajstić information content (AvgIpc) is 3.32. The Morgan fingerprint density at radius 2 is 1.85 bits per heavy atom. The molecule has 2 aromatic carbocycles. The summed E-state index contributed by atoms with van der Waals surface area (Å²) in [5.41, 5.74) is 0.458. The second kappa shape index (κ2) is 9.97. The van der Waals surface area contributed by atoms with E-state index in [0.717, 1.165) is 43.4 Å². The van der Waals surface area contributed by atoms with Gasteiger partial charge in [0.1, 0.15) is 5.82 Å². The van der Waals surface area contributed by atoms with Crippen molar-refractivity contribution < 1.29 is 22.3 Å². The average molecular weight is 496 g/mol. The van der Waals surface area contributed by atoms with E-state index >= 15 is 0 Å². The lowest BCUT2D eigenvalue weighted by atomic mass is 10.1. The van der Waals surface area contributed by atoms with Crippen molar-refractivity contribution in [3.05, 3.63) is 58.9 Å². The first kappa shape index (κ1) is 23.9. The van der Waals surface area contributed by atoms with Crippen molar-refractivity contribution in [2.75, 3.05) is 50.7 Å². The Morgan fingerprint density at radius 1 is 1.15 bits per heavy atom. The number of hydrogen-bond donors (Lipinski definition) is 0. The number of ether oxygens (including phenoxy) is 1. The summed E-state index contributed by atoms with van der Waals surface area (Å²) >= 11 is 6.29. The van der Waals surface area contributed by atoms with Gasteiger partial charge in [-0.2, -0.15) is 0 Å². The normalized spacial score (nSPS) is 19.6. The fraction of sp³-hybridized carbons (Fsp3) is 0.435. The van der Waals surface area contributed by atoms with E-state index in [1.165, 1.54) is 49.5 Å². The molecule has 1 atom stereocenters. The van der Waals surface area contributed by atoms with Crippen LogP contribution >= 0.6 is 11.6 Å². The SMILES string of the molecule is CN(c1ccc(F)cc1)S(=O)(=O)c1ccc(Cl)c(C(=O)N2CCN(CC3CCCO3)CC2)c1. The highest BCUT2D eigenvalue weighted by molar-refractivity contribution is 7.92. The fourth-order valence-corrected chi connectivity index (χ4v) is 5.58. The number of carbonyl (C=O) groups excluding carboxylic acids is 1. The summed E-state index contributed by atoms with van der Waals surface area (Å²) in [5.74, 6) is -0.752. The van der Waals surface area contributed by atoms with Gasteiger partial charge < -0.3 is 9.64 Å². The van der Waals surface area contributed by atoms with Gasteiger partial charge in [0.05, 0.1) is 27.3 Å². The first-order valence-electron chi connectivity index (χ1n) is 10.9. The van der Waals surface area contributed by atoms with E-state index in [9.17, 15) is 17.6 Å². The molecule has 0 aliphatic carbocycles. The van der Waals surface area contributed by atoms with E-state index in [1.54, 1.807) is 4.90 Å². The highest BCUT2D eigenvalue weighted by Gasteiger charge is 2.28. The molecule has 10 heteroatoms. The fourth-order valence-electron chi connectivity index (χ4n) is 4.16. The lowest BCUT2D eigenvalue weighted by Crippen LogP contribution is -2.50. The summed E-state index contributed by atoms with van der Waals surface area (Å²) in [6, 6.07) is 9.25. The van der Waals surface area contributed by atoms with Crippen LogP contribution in [0.1, 0.15) is 23.2 Å². The van der Waals surface area contributed by atoms with Gasteiger partial charge in [0.25, 0.3) is 15.9 Å². The van der Waals surface area contributed by atoms with Gasteiger partial charge >= 0.3 is 0 Å². The van der Waals surface area contributed by atoms with Crippen molar-refractivity contribution >= 4 is 33.2 Å². The number of carbonyl (C=O) groups is 1. The Hall–Kier alpha value is -2.20. The molecule has 2 fully saturated rings. The van der Waals surface area contributed by atoms with Crippen LogP contribution in [0.5, 0.6) is 0 Å². The number of rotatable bonds is 6. The zero-order chi connectivity index (χ0) is 23.6. The molecule has 2 saturated heterocycles. The van der Waals surface area contributed by atoms with Crippen molar-refractivity contribution in [1.29, 1.82) is 0 Å². The highest BCUT2D eigenvalue weighted by atomic mass is 35.5. The highest BCUT2D eigenvalue weighted by Crippen LogP contribution is 2.27. The van der Waals surface area contributed by atoms with E-state index in [2.05, 4.69) is 4.90 Å². The Kier molecular flexibility index (Phi) is 7.23. The Balaban J connectivity index is 1.47. The van der Waals surface area contributed by atoms with Gasteiger partial charge in [0.15, 0.2) is 0 Å². The summed E-state index contributed by atoms with van der Waals surface area (Å²) in [5, 5.41) is 0.199. The minimum absolute atomic E-state index is 0.0564. The Bertz CT molecular complexity index is 1100. The van der Waals surface area contributed by atoms with E-state index in [4.69, 9.17) is 16.3 Å². The molecule has 33 heavy (non-hydrogen) atoms. The number of piperazine rings is 1. The van der Waals surface area contributed by atoms with Crippen LogP contribution in [0.4, 0.5) is 10.1 Å². The Labute approximate surface area is 198 Å². The standard InChI is InChI=1S/C23H27ClFN3O4S/c1-26(18-6-4-17(25)5-7-18)33(30,31)20-8-9-22(24)21(15-20)23(29)28-12-10-27(11-13-28)16-19-3-2-14-32-19/h4-9,15,19H,2-3,10-14,16H2,1H3. The number of benzene rings is 2. The third-order valence-corrected chi connectivity index (χ3v) is 8.27. The van der Waals surface area contributed by atoms with Crippen LogP contribution in [0.3, 0.4) is 0 Å². The summed E-state index contributed by atoms with van der Waals surface area (Å²) in [6.07, 6.45) is 2.43. The van der Waals surface area contributed by atoms with E-state index in [1.807, 2.05) is 0 Å². The zero-order valence-electron chi connectivity index (χ0n) is 18.4. The van der Waals surface area contributed by atoms with Gasteiger partial charge in [0, 0.05) is 46.4 Å². The van der Waals surface area contributed by atoms with Crippen molar-refractivity contribution in [2.45, 2.75) is 23.8 Å². The molecule has 1 unspecified atom stereocenters. The summed E-state index contributed by atoms with van der Waals surface area (Å²) in [6.45, 7) is 4.22. The molecule has 2 heterocycles. The predicted octanol–water partition coefficient (Wildman–Crippen LogP) is 3.24. The molecular weight excluding hydrogens is 469 g/mol. The van der Waals surface area contributed by atoms with Crippen LogP contribution in [-0.2, 0) is 14.8 Å². The number of nitrogens with zero attached hydrogens (tertiary/aromatic N) is 3. The van der Waals surface area contributed by atoms with Crippen molar-refractivity contribution in [2.24, 2.45) is 0 Å². The van der Waals surface area contributed by atoms with Gasteiger partial charge in [-0.3, -0.25) is 14.0 Å². The van der Waals surface area contributed by atoms with E-state index in [0.29, 0.717) is 18.8 Å². The topological polar surface area (TPSA) is 70.2 Å². The molecule has 0 saturated carbocycles. The minimum atomic E-state index is -3.97. The van der Waals surface area contributed by atoms with Crippen LogP contribution in [0.2, 0.25) is 5.02 Å². The number of anilines is 1. The number of hydrogen-bond acceptors (Lipinski definition) is 5. The van der Waals surface area contributed by atoms with Gasteiger partial charge in [-0.1, -0.05) is 11.6 Å². The van der Waals surface area contributed by atoms with Crippen LogP contribution < -0.4 is 4.31 Å². The molecule has 2 aliphatic heterocycles. The largest absolute Gasteiger partial charge is 0.377 e. The van der Waals surface area contributed by atoms with E-state index < -0.39 is 15.8 Å². The molecule has 178 valence electrons. The van der Waals surface area contributed by atoms with Gasteiger partial charge in [-0.05, 0) is 55.3 Å². The maximum Gasteiger partial charge on any atom is 0.264 e. The lowest BCUT2D eigenvalue weighted by Gasteiger charge is -2.36. The predicted molar refractivity (Wildman–Crippen MR) is 125 cm³/mol. The van der Waals surface area contributed by atoms with Gasteiger partial charge in [-0.15, -0.1) is 0 Å². The second-order valence-electron chi connectivity index (χ2n) is 8.32. The molecule has 0 aromatic heterocycles. The summed E-state index contributed by atoms with van der Waals surface area (Å²) in [7, 11) is -2.59. The first-order valence-corrected chi connectivity index (χ1v) is 12.7. The molecule has 7 nitrogen and oxygen atoms in total. The minimum Gasteiger partial charge on any atom is -0.377 e. The molecule has 4 rings (SSSR count). The quantitative estimate of drug-likeness (QED) is 0.615. The molecule has 0 bridgehead atoms. The molecule has 2 aliphatic rings. The number of halogens is 2. The van der Waals surface area contributed by atoms with Crippen LogP contribution in [-0.4, -0.2) is 76.6 Å². The van der Waals surface area contributed by atoms with Crippen LogP contribution in [0, 0.1) is 5.82 Å². The maximum absolute atomic E-state index is 13.2. The third-order valence-electron chi connectivity index (χ3n) is 6.16. The van der Waals surface area contributed by atoms with Crippen LogP contribution in [0.15, 0.2) is 47.4 Å². The number of amides is 1. The van der Waals surface area contributed by atoms with Crippen molar-refractivity contribution in [3.8, 4) is 0 Å². The summed E-state index contributed by atoms with van der Waals surface area (Å²) in [4.78, 5) is 17.1. The first-order chi connectivity index (χ1) is 15.8. The number of sulfonamides is 1. The van der Waals surface area contributed by atoms with Crippen molar-refractivity contribution in [3.63, 3.8) is 0 Å². The third kappa shape index (κ3) is 5.32. The molecule has 0 N–H and O–H groups in total. The zero-order valence-corrected chi connectivity index (χ0v) is 20.0. The molecule has 1 amide bonds. The smallest absolute Gasteiger partial charge is 0.264 e. The van der Waals surface area contributed by atoms with E-state index in [-0.39, 0.29) is 27.5 Å². The Morgan fingerprint density at radius 3 is 2.48 bits per heavy atom. The lowest BCUT2D eigenvalue weighted by molar-refractivity contribution is 0.0432. The molecule has 0 spiro atoms. The molecular formula is C23H27ClFN3O4S. The molecule has 2 aromatic rings. The second-order valence-corrected chi connectivity index (χ2v) is 10.7. The maximum atomic E-state index is 13.2. The van der Waals surface area contributed by atoms with Crippen LogP contribution in [0.25, 0.3) is 0 Å². The monoisotopic (exact) mass is 495 g/mol.